The molecule has 2 N–H and O–H groups in total. The van der Waals surface area contributed by atoms with Crippen molar-refractivity contribution < 1.29 is 4.79 Å². The quantitative estimate of drug-likeness (QED) is 0.771. The molecule has 1 amide bonds. The van der Waals surface area contributed by atoms with E-state index in [1.807, 2.05) is 6.07 Å². The highest BCUT2D eigenvalue weighted by Crippen LogP contribution is 2.49. The number of carbonyl (C=O) groups excluding carboxylic acids is 1. The molecule has 1 aliphatic carbocycles. The summed E-state index contributed by atoms with van der Waals surface area (Å²) in [6.07, 6.45) is 5.70. The molecule has 0 radical (unpaired) electrons. The molecule has 4 nitrogen and oxygen atoms in total. The van der Waals surface area contributed by atoms with Gasteiger partial charge in [0, 0.05) is 6.54 Å². The van der Waals surface area contributed by atoms with Crippen LogP contribution in [0.15, 0.2) is 35.3 Å². The molecule has 1 fully saturated rings. The van der Waals surface area contributed by atoms with E-state index >= 15 is 0 Å². The summed E-state index contributed by atoms with van der Waals surface area (Å²) >= 11 is 0. The number of nitrogens with zero attached hydrogens (tertiary/aromatic N) is 1. The summed E-state index contributed by atoms with van der Waals surface area (Å²) in [5.41, 5.74) is 1.14. The highest BCUT2D eigenvalue weighted by atomic mass is 16.2. The third kappa shape index (κ3) is 2.69. The van der Waals surface area contributed by atoms with Gasteiger partial charge in [0.1, 0.15) is 0 Å². The molecule has 0 aromatic heterocycles. The molecule has 0 saturated heterocycles. The molecule has 1 aliphatic heterocycles. The van der Waals surface area contributed by atoms with Crippen molar-refractivity contribution >= 4 is 12.2 Å². The maximum atomic E-state index is 12.3. The zero-order chi connectivity index (χ0) is 13.8. The van der Waals surface area contributed by atoms with Crippen molar-refractivity contribution in [1.82, 2.24) is 10.6 Å². The monoisotopic (exact) mass is 271 g/mol. The fourth-order valence-corrected chi connectivity index (χ4v) is 2.87. The number of aryl methyl sites for hydroxylation is 1. The first-order valence-electron chi connectivity index (χ1n) is 7.38. The molecule has 1 aromatic carbocycles. The Morgan fingerprint density at radius 3 is 2.80 bits per heavy atom. The molecular formula is C16H21N3O. The SMILES string of the molecule is O=C(NCCCc1ccccc1)C1(C2CN=CN2)CC1. The summed E-state index contributed by atoms with van der Waals surface area (Å²) in [6, 6.07) is 10.6. The largest absolute Gasteiger partial charge is 0.371 e. The molecule has 1 aromatic rings. The van der Waals surface area contributed by atoms with Crippen molar-refractivity contribution in [2.75, 3.05) is 13.1 Å². The van der Waals surface area contributed by atoms with Crippen LogP contribution in [-0.4, -0.2) is 31.4 Å². The van der Waals surface area contributed by atoms with Crippen LogP contribution in [0.1, 0.15) is 24.8 Å². The Hall–Kier alpha value is -1.84. The fraction of sp³-hybridized carbons (Fsp3) is 0.500. The maximum Gasteiger partial charge on any atom is 0.228 e. The van der Waals surface area contributed by atoms with E-state index in [9.17, 15) is 4.79 Å². The van der Waals surface area contributed by atoms with Gasteiger partial charge in [0.15, 0.2) is 0 Å². The second-order valence-electron chi connectivity index (χ2n) is 5.71. The second-order valence-corrected chi connectivity index (χ2v) is 5.71. The van der Waals surface area contributed by atoms with E-state index in [0.717, 1.165) is 38.8 Å². The molecule has 4 heteroatoms. The van der Waals surface area contributed by atoms with Crippen molar-refractivity contribution in [2.45, 2.75) is 31.7 Å². The molecule has 3 rings (SSSR count). The lowest BCUT2D eigenvalue weighted by atomic mass is 9.95. The number of hydrogen-bond acceptors (Lipinski definition) is 3. The Morgan fingerprint density at radius 2 is 2.15 bits per heavy atom. The van der Waals surface area contributed by atoms with Crippen LogP contribution in [0.25, 0.3) is 0 Å². The van der Waals surface area contributed by atoms with Crippen molar-refractivity contribution in [3.63, 3.8) is 0 Å². The topological polar surface area (TPSA) is 53.5 Å². The van der Waals surface area contributed by atoms with Crippen molar-refractivity contribution in [1.29, 1.82) is 0 Å². The van der Waals surface area contributed by atoms with Gasteiger partial charge in [-0.25, -0.2) is 0 Å². The first-order chi connectivity index (χ1) is 9.81. The third-order valence-corrected chi connectivity index (χ3v) is 4.33. The van der Waals surface area contributed by atoms with Gasteiger partial charge in [0.05, 0.1) is 24.3 Å². The highest BCUT2D eigenvalue weighted by molar-refractivity contribution is 5.87. The van der Waals surface area contributed by atoms with Gasteiger partial charge in [-0.15, -0.1) is 0 Å². The predicted octanol–water partition coefficient (Wildman–Crippen LogP) is 1.52. The Labute approximate surface area is 119 Å². The number of hydrogen-bond donors (Lipinski definition) is 2. The van der Waals surface area contributed by atoms with Gasteiger partial charge in [-0.2, -0.15) is 0 Å². The van der Waals surface area contributed by atoms with Gasteiger partial charge in [0.2, 0.25) is 5.91 Å². The van der Waals surface area contributed by atoms with Gasteiger partial charge in [-0.05, 0) is 31.2 Å². The molecule has 2 aliphatic rings. The van der Waals surface area contributed by atoms with E-state index in [1.165, 1.54) is 5.56 Å². The van der Waals surface area contributed by atoms with E-state index in [2.05, 4.69) is 39.9 Å². The third-order valence-electron chi connectivity index (χ3n) is 4.33. The average Bonchev–Trinajstić information content (AvgIpc) is 3.12. The van der Waals surface area contributed by atoms with E-state index in [0.29, 0.717) is 0 Å². The zero-order valence-electron chi connectivity index (χ0n) is 11.6. The minimum Gasteiger partial charge on any atom is -0.371 e. The summed E-state index contributed by atoms with van der Waals surface area (Å²) in [4.78, 5) is 16.5. The molecule has 1 saturated carbocycles. The molecule has 1 unspecified atom stereocenters. The highest BCUT2D eigenvalue weighted by Gasteiger charge is 2.55. The minimum absolute atomic E-state index is 0.191. The second kappa shape index (κ2) is 5.65. The Kier molecular flexibility index (Phi) is 3.72. The molecule has 0 spiro atoms. The van der Waals surface area contributed by atoms with Crippen LogP contribution in [0.3, 0.4) is 0 Å². The average molecular weight is 271 g/mol. The number of amides is 1. The van der Waals surface area contributed by atoms with Crippen molar-refractivity contribution in [3.8, 4) is 0 Å². The van der Waals surface area contributed by atoms with E-state index in [1.54, 1.807) is 6.34 Å². The van der Waals surface area contributed by atoms with Crippen LogP contribution >= 0.6 is 0 Å². The smallest absolute Gasteiger partial charge is 0.228 e. The van der Waals surface area contributed by atoms with Crippen molar-refractivity contribution in [2.24, 2.45) is 10.4 Å². The molecule has 1 heterocycles. The summed E-state index contributed by atoms with van der Waals surface area (Å²) in [5, 5.41) is 6.30. The lowest BCUT2D eigenvalue weighted by molar-refractivity contribution is -0.127. The predicted molar refractivity (Wildman–Crippen MR) is 79.7 cm³/mol. The summed E-state index contributed by atoms with van der Waals surface area (Å²) in [6.45, 7) is 1.49. The number of aliphatic imine (C=N–C) groups is 1. The Morgan fingerprint density at radius 1 is 1.35 bits per heavy atom. The first kappa shape index (κ1) is 13.2. The van der Waals surface area contributed by atoms with Gasteiger partial charge < -0.3 is 10.6 Å². The molecule has 0 bridgehead atoms. The molecule has 106 valence electrons. The summed E-state index contributed by atoms with van der Waals surface area (Å²) in [5.74, 6) is 0.202. The molecule has 20 heavy (non-hydrogen) atoms. The van der Waals surface area contributed by atoms with Crippen LogP contribution in [0.2, 0.25) is 0 Å². The van der Waals surface area contributed by atoms with Crippen LogP contribution in [0.4, 0.5) is 0 Å². The van der Waals surface area contributed by atoms with E-state index in [4.69, 9.17) is 0 Å². The van der Waals surface area contributed by atoms with E-state index in [-0.39, 0.29) is 17.4 Å². The summed E-state index contributed by atoms with van der Waals surface area (Å²) < 4.78 is 0. The van der Waals surface area contributed by atoms with Crippen LogP contribution in [0, 0.1) is 5.41 Å². The zero-order valence-corrected chi connectivity index (χ0v) is 11.6. The van der Waals surface area contributed by atoms with Gasteiger partial charge in [0.25, 0.3) is 0 Å². The Balaban J connectivity index is 1.41. The van der Waals surface area contributed by atoms with Crippen molar-refractivity contribution in [3.05, 3.63) is 35.9 Å². The first-order valence-corrected chi connectivity index (χ1v) is 7.38. The van der Waals surface area contributed by atoms with E-state index < -0.39 is 0 Å². The summed E-state index contributed by atoms with van der Waals surface area (Å²) in [7, 11) is 0. The van der Waals surface area contributed by atoms with Crippen LogP contribution < -0.4 is 10.6 Å². The molecule has 1 atom stereocenters. The van der Waals surface area contributed by atoms with Gasteiger partial charge in [-0.3, -0.25) is 9.79 Å². The standard InChI is InChI=1S/C16H21N3O/c20-15(16(8-9-16)14-11-17-12-19-14)18-10-4-7-13-5-2-1-3-6-13/h1-3,5-6,12,14H,4,7-11H2,(H,17,19)(H,18,20). The minimum atomic E-state index is -0.191. The Bertz CT molecular complexity index is 486. The van der Waals surface area contributed by atoms with Crippen LogP contribution in [0.5, 0.6) is 0 Å². The molecular weight excluding hydrogens is 250 g/mol. The van der Waals surface area contributed by atoms with Gasteiger partial charge in [-0.1, -0.05) is 30.3 Å². The number of rotatable bonds is 6. The fourth-order valence-electron chi connectivity index (χ4n) is 2.87. The lowest BCUT2D eigenvalue weighted by Gasteiger charge is -2.21. The van der Waals surface area contributed by atoms with Crippen LogP contribution in [-0.2, 0) is 11.2 Å². The maximum absolute atomic E-state index is 12.3. The number of carbonyl (C=O) groups is 1. The number of nitrogens with one attached hydrogen (secondary N) is 2. The van der Waals surface area contributed by atoms with Gasteiger partial charge >= 0.3 is 0 Å². The normalized spacial score (nSPS) is 22.3. The number of benzene rings is 1. The lowest BCUT2D eigenvalue weighted by Crippen LogP contribution is -2.45.